The van der Waals surface area contributed by atoms with Crippen LogP contribution in [-0.2, 0) is 9.47 Å². The molecule has 4 aromatic rings. The van der Waals surface area contributed by atoms with Crippen molar-refractivity contribution in [2.75, 3.05) is 50.0 Å². The number of nitrogens with one attached hydrogen (secondary N) is 4. The summed E-state index contributed by atoms with van der Waals surface area (Å²) in [4.78, 5) is 17.7. The molecule has 4 N–H and O–H groups in total. The van der Waals surface area contributed by atoms with Crippen LogP contribution in [0.15, 0.2) is 61.2 Å². The van der Waals surface area contributed by atoms with E-state index in [4.69, 9.17) is 9.47 Å². The maximum Gasteiger partial charge on any atom is 0.227 e. The Morgan fingerprint density at radius 2 is 1.00 bits per heavy atom. The van der Waals surface area contributed by atoms with Gasteiger partial charge in [0.15, 0.2) is 0 Å². The summed E-state index contributed by atoms with van der Waals surface area (Å²) in [5.41, 5.74) is 9.36. The molecule has 0 bridgehead atoms. The smallest absolute Gasteiger partial charge is 0.227 e. The number of morpholine rings is 2. The third kappa shape index (κ3) is 7.87. The molecular weight excluding hydrogens is 576 g/mol. The zero-order chi connectivity index (χ0) is 31.3. The summed E-state index contributed by atoms with van der Waals surface area (Å²) in [7, 11) is 0. The van der Waals surface area contributed by atoms with Gasteiger partial charge in [-0.3, -0.25) is 0 Å². The highest BCUT2D eigenvalue weighted by molar-refractivity contribution is 5.60. The highest BCUT2D eigenvalue weighted by atomic mass is 16.5. The average Bonchev–Trinajstić information content (AvgIpc) is 4.03. The highest BCUT2D eigenvalue weighted by Gasteiger charge is 2.25. The molecule has 0 spiro atoms. The molecule has 2 aliphatic carbocycles. The molecule has 4 fully saturated rings. The molecule has 0 unspecified atom stereocenters. The Labute approximate surface area is 271 Å². The lowest BCUT2D eigenvalue weighted by atomic mass is 10.0. The van der Waals surface area contributed by atoms with E-state index >= 15 is 0 Å². The molecule has 2 atom stereocenters. The molecule has 2 aromatic carbocycles. The number of aromatic nitrogens is 4. The van der Waals surface area contributed by atoms with Gasteiger partial charge in [-0.1, -0.05) is 24.3 Å². The van der Waals surface area contributed by atoms with E-state index in [0.717, 1.165) is 50.8 Å². The van der Waals surface area contributed by atoms with Gasteiger partial charge in [-0.2, -0.15) is 0 Å². The minimum Gasteiger partial charge on any atom is -0.371 e. The summed E-state index contributed by atoms with van der Waals surface area (Å²) in [6.07, 6.45) is 13.1. The predicted molar refractivity (Wildman–Crippen MR) is 180 cm³/mol. The summed E-state index contributed by atoms with van der Waals surface area (Å²) in [6.45, 7) is 9.35. The topological polar surface area (TPSA) is 118 Å². The molecule has 0 radical (unpaired) electrons. The van der Waals surface area contributed by atoms with Crippen molar-refractivity contribution in [1.29, 1.82) is 0 Å². The molecule has 2 saturated heterocycles. The molecule has 4 aliphatic rings. The lowest BCUT2D eigenvalue weighted by Gasteiger charge is -2.24. The number of benzene rings is 2. The molecular formula is C36H44N8O2. The van der Waals surface area contributed by atoms with Crippen molar-refractivity contribution in [3.63, 3.8) is 0 Å². The van der Waals surface area contributed by atoms with Gasteiger partial charge < -0.3 is 30.7 Å². The van der Waals surface area contributed by atoms with E-state index in [1.54, 1.807) is 0 Å². The Balaban J connectivity index is 0.000000147. The Hall–Kier alpha value is -3.96. The largest absolute Gasteiger partial charge is 0.371 e. The van der Waals surface area contributed by atoms with E-state index < -0.39 is 0 Å². The van der Waals surface area contributed by atoms with Crippen LogP contribution in [0.4, 0.5) is 23.3 Å². The number of rotatable bonds is 8. The van der Waals surface area contributed by atoms with Crippen molar-refractivity contribution in [2.45, 2.75) is 63.6 Å². The van der Waals surface area contributed by atoms with E-state index in [9.17, 15) is 0 Å². The van der Waals surface area contributed by atoms with Crippen LogP contribution in [0, 0.1) is 13.8 Å². The van der Waals surface area contributed by atoms with Gasteiger partial charge in [0.05, 0.1) is 25.4 Å². The average molecular weight is 621 g/mol. The van der Waals surface area contributed by atoms with E-state index in [0.29, 0.717) is 23.7 Å². The zero-order valence-corrected chi connectivity index (χ0v) is 26.8. The van der Waals surface area contributed by atoms with Crippen molar-refractivity contribution in [3.8, 4) is 0 Å². The fraction of sp³-hybridized carbons (Fsp3) is 0.444. The third-order valence-electron chi connectivity index (χ3n) is 9.03. The third-order valence-corrected chi connectivity index (χ3v) is 9.03. The van der Waals surface area contributed by atoms with Crippen molar-refractivity contribution < 1.29 is 9.47 Å². The van der Waals surface area contributed by atoms with E-state index in [1.165, 1.54) is 59.1 Å². The molecule has 10 nitrogen and oxygen atoms in total. The quantitative estimate of drug-likeness (QED) is 0.183. The molecule has 2 saturated carbocycles. The standard InChI is InChI=1S/2C18H22N4O/c2*1-12-8-14(17-11-19-6-7-23-17)4-5-16(12)22-18-20-9-15(10-21-18)13-2-3-13/h2*4-5,8-10,13,17,19H,2-3,6-7,11H2,1H3,(H,20,21,22)/t2*17-/m10/s1. The number of aryl methyl sites for hydroxylation is 2. The summed E-state index contributed by atoms with van der Waals surface area (Å²) < 4.78 is 11.6. The van der Waals surface area contributed by atoms with Gasteiger partial charge in [0.2, 0.25) is 11.9 Å². The fourth-order valence-corrected chi connectivity index (χ4v) is 5.91. The second-order valence-electron chi connectivity index (χ2n) is 12.8. The van der Waals surface area contributed by atoms with Crippen LogP contribution in [0.25, 0.3) is 0 Å². The Morgan fingerprint density at radius 3 is 1.33 bits per heavy atom. The summed E-state index contributed by atoms with van der Waals surface area (Å²) >= 11 is 0. The first-order valence-corrected chi connectivity index (χ1v) is 16.6. The number of nitrogens with zero attached hydrogens (tertiary/aromatic N) is 4. The van der Waals surface area contributed by atoms with Crippen LogP contribution < -0.4 is 21.3 Å². The fourth-order valence-electron chi connectivity index (χ4n) is 5.91. The Morgan fingerprint density at radius 1 is 0.587 bits per heavy atom. The minimum atomic E-state index is 0.144. The number of hydrogen-bond acceptors (Lipinski definition) is 10. The second kappa shape index (κ2) is 14.2. The predicted octanol–water partition coefficient (Wildman–Crippen LogP) is 6.13. The summed E-state index contributed by atoms with van der Waals surface area (Å²) in [5, 5.41) is 13.4. The van der Waals surface area contributed by atoms with E-state index in [-0.39, 0.29) is 12.2 Å². The first kappa shape index (κ1) is 30.7. The van der Waals surface area contributed by atoms with Crippen LogP contribution in [0.5, 0.6) is 0 Å². The molecule has 46 heavy (non-hydrogen) atoms. The molecule has 4 heterocycles. The first-order chi connectivity index (χ1) is 22.6. The van der Waals surface area contributed by atoms with Gasteiger partial charge in [0, 0.05) is 62.3 Å². The van der Waals surface area contributed by atoms with Crippen LogP contribution in [0.2, 0.25) is 0 Å². The van der Waals surface area contributed by atoms with Gasteiger partial charge in [0.1, 0.15) is 0 Å². The maximum absolute atomic E-state index is 5.81. The lowest BCUT2D eigenvalue weighted by Crippen LogP contribution is -2.33. The lowest BCUT2D eigenvalue weighted by molar-refractivity contribution is 0.0276. The van der Waals surface area contributed by atoms with E-state index in [2.05, 4.69) is 91.4 Å². The number of anilines is 4. The molecule has 2 aliphatic heterocycles. The minimum absolute atomic E-state index is 0.144. The van der Waals surface area contributed by atoms with Gasteiger partial charge in [0.25, 0.3) is 0 Å². The zero-order valence-electron chi connectivity index (χ0n) is 26.8. The Bertz CT molecular complexity index is 1470. The first-order valence-electron chi connectivity index (χ1n) is 16.6. The summed E-state index contributed by atoms with van der Waals surface area (Å²) in [5.74, 6) is 2.69. The monoisotopic (exact) mass is 620 g/mol. The van der Waals surface area contributed by atoms with E-state index in [1.807, 2.05) is 24.8 Å². The van der Waals surface area contributed by atoms with Gasteiger partial charge >= 0.3 is 0 Å². The van der Waals surface area contributed by atoms with Crippen LogP contribution in [-0.4, -0.2) is 59.3 Å². The van der Waals surface area contributed by atoms with Crippen molar-refractivity contribution in [2.24, 2.45) is 0 Å². The normalized spacial score (nSPS) is 21.2. The van der Waals surface area contributed by atoms with Crippen molar-refractivity contribution in [1.82, 2.24) is 30.6 Å². The molecule has 2 aromatic heterocycles. The van der Waals surface area contributed by atoms with Crippen molar-refractivity contribution in [3.05, 3.63) is 94.6 Å². The number of hydrogen-bond donors (Lipinski definition) is 4. The SMILES string of the molecule is Cc1cc([C@@H]2CNCCO2)ccc1Nc1ncc(C2CC2)cn1.Cc1cc([C@H]2CNCCO2)ccc1Nc1ncc(C2CC2)cn1. The van der Waals surface area contributed by atoms with Crippen LogP contribution in [0.3, 0.4) is 0 Å². The summed E-state index contributed by atoms with van der Waals surface area (Å²) in [6, 6.07) is 12.8. The molecule has 8 rings (SSSR count). The second-order valence-corrected chi connectivity index (χ2v) is 12.8. The molecule has 240 valence electrons. The number of ether oxygens (including phenoxy) is 2. The van der Waals surface area contributed by atoms with Crippen LogP contribution in [0.1, 0.15) is 83.1 Å². The highest BCUT2D eigenvalue weighted by Crippen LogP contribution is 2.40. The maximum atomic E-state index is 5.81. The Kier molecular flexibility index (Phi) is 9.48. The van der Waals surface area contributed by atoms with Crippen molar-refractivity contribution >= 4 is 23.3 Å². The van der Waals surface area contributed by atoms with Gasteiger partial charge in [-0.05, 0) is 96.9 Å². The van der Waals surface area contributed by atoms with Gasteiger partial charge in [-0.15, -0.1) is 0 Å². The molecule has 0 amide bonds. The van der Waals surface area contributed by atoms with Crippen LogP contribution >= 0.6 is 0 Å². The van der Waals surface area contributed by atoms with Gasteiger partial charge in [-0.25, -0.2) is 19.9 Å². The molecule has 10 heteroatoms.